The van der Waals surface area contributed by atoms with E-state index in [1.165, 1.54) is 9.44 Å². The molecule has 1 unspecified atom stereocenters. The molecule has 3 rings (SSSR count). The minimum Gasteiger partial charge on any atom is -0.480 e. The molecule has 2 heterocycles. The summed E-state index contributed by atoms with van der Waals surface area (Å²) in [6, 6.07) is -0.851. The van der Waals surface area contributed by atoms with Gasteiger partial charge < -0.3 is 5.11 Å². The van der Waals surface area contributed by atoms with Gasteiger partial charge in [0.25, 0.3) is 5.56 Å². The van der Waals surface area contributed by atoms with Crippen molar-refractivity contribution in [2.75, 3.05) is 0 Å². The third kappa shape index (κ3) is 2.59. The highest BCUT2D eigenvalue weighted by Gasteiger charge is 2.28. The van der Waals surface area contributed by atoms with Crippen LogP contribution in [0.2, 0.25) is 0 Å². The number of thiophene rings is 1. The van der Waals surface area contributed by atoms with E-state index in [1.807, 2.05) is 13.8 Å². The monoisotopic (exact) mass is 334 g/mol. The fraction of sp³-hybridized carbons (Fsp3) is 0.588. The lowest BCUT2D eigenvalue weighted by molar-refractivity contribution is -0.141. The van der Waals surface area contributed by atoms with E-state index in [9.17, 15) is 14.7 Å². The van der Waals surface area contributed by atoms with Crippen LogP contribution in [0.25, 0.3) is 10.2 Å². The van der Waals surface area contributed by atoms with Crippen molar-refractivity contribution in [3.05, 3.63) is 26.6 Å². The SMILES string of the molecule is CCC(C(=O)O)n1c(C(C)C)nc2sc3c(c2c1=O)CCCC3. The number of hydrogen-bond donors (Lipinski definition) is 1. The number of hydrogen-bond acceptors (Lipinski definition) is 4. The van der Waals surface area contributed by atoms with Crippen molar-refractivity contribution in [1.82, 2.24) is 9.55 Å². The van der Waals surface area contributed by atoms with Crippen molar-refractivity contribution in [3.8, 4) is 0 Å². The fourth-order valence-electron chi connectivity index (χ4n) is 3.41. The van der Waals surface area contributed by atoms with Gasteiger partial charge in [-0.15, -0.1) is 11.3 Å². The average Bonchev–Trinajstić information content (AvgIpc) is 2.88. The zero-order valence-electron chi connectivity index (χ0n) is 13.8. The average molecular weight is 334 g/mol. The van der Waals surface area contributed by atoms with Crippen LogP contribution in [0.1, 0.15) is 68.3 Å². The van der Waals surface area contributed by atoms with E-state index in [4.69, 9.17) is 4.98 Å². The van der Waals surface area contributed by atoms with Crippen molar-refractivity contribution in [2.45, 2.75) is 64.8 Å². The molecular formula is C17H22N2O3S. The Balaban J connectivity index is 2.37. The van der Waals surface area contributed by atoms with E-state index < -0.39 is 12.0 Å². The molecule has 0 spiro atoms. The number of carboxylic acid groups (broad SMARTS) is 1. The molecule has 1 aliphatic carbocycles. The third-order valence-corrected chi connectivity index (χ3v) is 5.73. The molecule has 0 saturated carbocycles. The van der Waals surface area contributed by atoms with E-state index in [2.05, 4.69) is 0 Å². The molecule has 0 aliphatic heterocycles. The molecule has 1 aliphatic rings. The van der Waals surface area contributed by atoms with Crippen molar-refractivity contribution in [1.29, 1.82) is 0 Å². The van der Waals surface area contributed by atoms with E-state index in [-0.39, 0.29) is 11.5 Å². The van der Waals surface area contributed by atoms with Gasteiger partial charge in [-0.2, -0.15) is 0 Å². The van der Waals surface area contributed by atoms with E-state index in [1.54, 1.807) is 18.3 Å². The first-order valence-electron chi connectivity index (χ1n) is 8.25. The van der Waals surface area contributed by atoms with E-state index >= 15 is 0 Å². The summed E-state index contributed by atoms with van der Waals surface area (Å²) in [5, 5.41) is 10.2. The molecule has 124 valence electrons. The number of aryl methyl sites for hydroxylation is 2. The molecule has 5 nitrogen and oxygen atoms in total. The molecule has 2 aromatic heterocycles. The van der Waals surface area contributed by atoms with Gasteiger partial charge in [-0.25, -0.2) is 9.78 Å². The molecule has 1 atom stereocenters. The molecule has 0 saturated heterocycles. The Kier molecular flexibility index (Phi) is 4.27. The number of aliphatic carboxylic acids is 1. The van der Waals surface area contributed by atoms with Gasteiger partial charge in [0.15, 0.2) is 0 Å². The van der Waals surface area contributed by atoms with Gasteiger partial charge in [-0.05, 0) is 37.7 Å². The number of carbonyl (C=O) groups is 1. The van der Waals surface area contributed by atoms with Crippen LogP contribution in [0.3, 0.4) is 0 Å². The highest BCUT2D eigenvalue weighted by atomic mass is 32.1. The largest absolute Gasteiger partial charge is 0.480 e. The Morgan fingerprint density at radius 3 is 2.65 bits per heavy atom. The van der Waals surface area contributed by atoms with Crippen LogP contribution in [-0.4, -0.2) is 20.6 Å². The smallest absolute Gasteiger partial charge is 0.326 e. The van der Waals surface area contributed by atoms with Gasteiger partial charge >= 0.3 is 5.97 Å². The maximum absolute atomic E-state index is 13.2. The third-order valence-electron chi connectivity index (χ3n) is 4.55. The number of aromatic nitrogens is 2. The summed E-state index contributed by atoms with van der Waals surface area (Å²) in [6.07, 6.45) is 4.51. The minimum absolute atomic E-state index is 0.000344. The van der Waals surface area contributed by atoms with Crippen LogP contribution in [-0.2, 0) is 17.6 Å². The standard InChI is InChI=1S/C17H22N2O3S/c1-4-11(17(21)22)19-14(9(2)3)18-15-13(16(19)20)10-7-5-6-8-12(10)23-15/h9,11H,4-8H2,1-3H3,(H,21,22). The lowest BCUT2D eigenvalue weighted by Gasteiger charge is -2.20. The summed E-state index contributed by atoms with van der Waals surface area (Å²) in [7, 11) is 0. The quantitative estimate of drug-likeness (QED) is 0.929. The molecule has 0 radical (unpaired) electrons. The Bertz CT molecular complexity index is 819. The normalized spacial score (nSPS) is 15.8. The summed E-state index contributed by atoms with van der Waals surface area (Å²) in [5.41, 5.74) is 0.936. The van der Waals surface area contributed by atoms with Crippen molar-refractivity contribution < 1.29 is 9.90 Å². The molecule has 6 heteroatoms. The van der Waals surface area contributed by atoms with Gasteiger partial charge in [0.2, 0.25) is 0 Å². The minimum atomic E-state index is -0.971. The zero-order chi connectivity index (χ0) is 16.7. The number of fused-ring (bicyclic) bond motifs is 3. The first kappa shape index (κ1) is 16.2. The van der Waals surface area contributed by atoms with Gasteiger partial charge in [0.1, 0.15) is 16.7 Å². The number of carboxylic acids is 1. The Morgan fingerprint density at radius 2 is 2.04 bits per heavy atom. The fourth-order valence-corrected chi connectivity index (χ4v) is 4.67. The lowest BCUT2D eigenvalue weighted by atomic mass is 9.97. The molecule has 2 aromatic rings. The maximum atomic E-state index is 13.2. The van der Waals surface area contributed by atoms with Crippen LogP contribution in [0, 0.1) is 0 Å². The number of rotatable bonds is 4. The number of nitrogens with zero attached hydrogens (tertiary/aromatic N) is 2. The lowest BCUT2D eigenvalue weighted by Crippen LogP contribution is -2.33. The topological polar surface area (TPSA) is 72.2 Å². The first-order valence-corrected chi connectivity index (χ1v) is 9.06. The summed E-state index contributed by atoms with van der Waals surface area (Å²) < 4.78 is 1.43. The van der Waals surface area contributed by atoms with Crippen molar-refractivity contribution >= 4 is 27.5 Å². The second-order valence-electron chi connectivity index (χ2n) is 6.45. The second-order valence-corrected chi connectivity index (χ2v) is 7.54. The van der Waals surface area contributed by atoms with Crippen LogP contribution in [0.15, 0.2) is 4.79 Å². The summed E-state index contributed by atoms with van der Waals surface area (Å²) in [6.45, 7) is 5.70. The Hall–Kier alpha value is -1.69. The molecule has 0 fully saturated rings. The van der Waals surface area contributed by atoms with E-state index in [0.717, 1.165) is 36.1 Å². The molecule has 23 heavy (non-hydrogen) atoms. The Morgan fingerprint density at radius 1 is 1.35 bits per heavy atom. The predicted octanol–water partition coefficient (Wildman–Crippen LogP) is 3.50. The highest BCUT2D eigenvalue weighted by Crippen LogP contribution is 2.35. The molecular weight excluding hydrogens is 312 g/mol. The highest BCUT2D eigenvalue weighted by molar-refractivity contribution is 7.18. The Labute approximate surface area is 139 Å². The summed E-state index contributed by atoms with van der Waals surface area (Å²) in [5.74, 6) is -0.392. The zero-order valence-corrected chi connectivity index (χ0v) is 14.6. The van der Waals surface area contributed by atoms with Gasteiger partial charge in [-0.1, -0.05) is 20.8 Å². The predicted molar refractivity (Wildman–Crippen MR) is 91.6 cm³/mol. The van der Waals surface area contributed by atoms with Crippen LogP contribution < -0.4 is 5.56 Å². The van der Waals surface area contributed by atoms with Crippen LogP contribution in [0.4, 0.5) is 0 Å². The van der Waals surface area contributed by atoms with Crippen molar-refractivity contribution in [3.63, 3.8) is 0 Å². The maximum Gasteiger partial charge on any atom is 0.326 e. The molecule has 0 aromatic carbocycles. The van der Waals surface area contributed by atoms with Gasteiger partial charge in [0, 0.05) is 10.8 Å². The summed E-state index contributed by atoms with van der Waals surface area (Å²) in [4.78, 5) is 31.5. The molecule has 0 bridgehead atoms. The first-order chi connectivity index (χ1) is 11.0. The van der Waals surface area contributed by atoms with E-state index in [0.29, 0.717) is 17.6 Å². The second kappa shape index (κ2) is 6.07. The summed E-state index contributed by atoms with van der Waals surface area (Å²) >= 11 is 1.61. The van der Waals surface area contributed by atoms with Crippen molar-refractivity contribution in [2.24, 2.45) is 0 Å². The van der Waals surface area contributed by atoms with Gasteiger partial charge in [-0.3, -0.25) is 9.36 Å². The molecule has 0 amide bonds. The van der Waals surface area contributed by atoms with Crippen LogP contribution in [0.5, 0.6) is 0 Å². The molecule has 1 N–H and O–H groups in total. The van der Waals surface area contributed by atoms with Crippen LogP contribution >= 0.6 is 11.3 Å². The van der Waals surface area contributed by atoms with Gasteiger partial charge in [0.05, 0.1) is 5.39 Å².